The fraction of sp³-hybridized carbons (Fsp3) is 0.562. The molecule has 0 heterocycles. The van der Waals surface area contributed by atoms with Crippen LogP contribution in [0.5, 0.6) is 0 Å². The van der Waals surface area contributed by atoms with E-state index in [4.69, 9.17) is 4.74 Å². The van der Waals surface area contributed by atoms with Crippen molar-refractivity contribution < 1.29 is 9.53 Å². The summed E-state index contributed by atoms with van der Waals surface area (Å²) in [6.07, 6.45) is 0. The van der Waals surface area contributed by atoms with Gasteiger partial charge in [-0.1, -0.05) is 19.1 Å². The maximum absolute atomic E-state index is 11.6. The molecule has 0 aliphatic rings. The zero-order chi connectivity index (χ0) is 15.2. The van der Waals surface area contributed by atoms with E-state index >= 15 is 0 Å². The molecule has 1 rings (SSSR count). The predicted molar refractivity (Wildman–Crippen MR) is 85.1 cm³/mol. The molecule has 0 fully saturated rings. The van der Waals surface area contributed by atoms with Gasteiger partial charge in [0.05, 0.1) is 12.5 Å². The van der Waals surface area contributed by atoms with Crippen LogP contribution >= 0.6 is 11.8 Å². The van der Waals surface area contributed by atoms with E-state index in [-0.39, 0.29) is 5.97 Å². The van der Waals surface area contributed by atoms with Crippen LogP contribution in [0.1, 0.15) is 39.3 Å². The van der Waals surface area contributed by atoms with E-state index in [0.29, 0.717) is 11.8 Å². The van der Waals surface area contributed by atoms with Crippen LogP contribution in [0.3, 0.4) is 0 Å². The molecule has 0 spiro atoms. The van der Waals surface area contributed by atoms with Crippen molar-refractivity contribution in [2.24, 2.45) is 5.41 Å². The Bertz CT molecular complexity index is 429. The number of ether oxygens (including phenoxy) is 1. The Hall–Kier alpha value is -1.00. The van der Waals surface area contributed by atoms with Crippen molar-refractivity contribution in [3.05, 3.63) is 29.8 Å². The lowest BCUT2D eigenvalue weighted by Crippen LogP contribution is -2.28. The van der Waals surface area contributed by atoms with Crippen molar-refractivity contribution in [2.45, 2.75) is 38.6 Å². The number of hydrogen-bond acceptors (Lipinski definition) is 4. The summed E-state index contributed by atoms with van der Waals surface area (Å²) in [6.45, 7) is 9.05. The van der Waals surface area contributed by atoms with Gasteiger partial charge >= 0.3 is 5.97 Å². The number of nitrogens with one attached hydrogen (secondary N) is 1. The Morgan fingerprint density at radius 2 is 1.95 bits per heavy atom. The molecular weight excluding hydrogens is 270 g/mol. The Balaban J connectivity index is 2.60. The van der Waals surface area contributed by atoms with E-state index in [1.165, 1.54) is 17.6 Å². The third-order valence-electron chi connectivity index (χ3n) is 3.23. The van der Waals surface area contributed by atoms with Crippen LogP contribution in [-0.2, 0) is 9.53 Å². The standard InChI is InChI=1S/C16H25NO2S/c1-6-17-12(2)13-7-9-14(10-8-13)20-11-16(3,4)15(18)19-5/h7-10,12,17H,6,11H2,1-5H3. The van der Waals surface area contributed by atoms with E-state index in [2.05, 4.69) is 43.4 Å². The van der Waals surface area contributed by atoms with Crippen molar-refractivity contribution >= 4 is 17.7 Å². The van der Waals surface area contributed by atoms with Crippen LogP contribution in [0.4, 0.5) is 0 Å². The molecule has 0 bridgehead atoms. The number of benzene rings is 1. The molecule has 112 valence electrons. The second kappa shape index (κ2) is 7.70. The number of rotatable bonds is 7. The van der Waals surface area contributed by atoms with Gasteiger partial charge in [0, 0.05) is 16.7 Å². The summed E-state index contributed by atoms with van der Waals surface area (Å²) in [5, 5.41) is 3.39. The molecule has 1 aromatic rings. The van der Waals surface area contributed by atoms with E-state index in [9.17, 15) is 4.79 Å². The molecule has 1 atom stereocenters. The Morgan fingerprint density at radius 1 is 1.35 bits per heavy atom. The summed E-state index contributed by atoms with van der Waals surface area (Å²) in [6, 6.07) is 8.87. The van der Waals surface area contributed by atoms with Crippen LogP contribution in [0.25, 0.3) is 0 Å². The van der Waals surface area contributed by atoms with Crippen molar-refractivity contribution in [1.29, 1.82) is 0 Å². The summed E-state index contributed by atoms with van der Waals surface area (Å²) >= 11 is 1.68. The minimum atomic E-state index is -0.463. The van der Waals surface area contributed by atoms with Gasteiger partial charge in [0.25, 0.3) is 0 Å². The van der Waals surface area contributed by atoms with Crippen LogP contribution in [0.15, 0.2) is 29.2 Å². The number of carbonyl (C=O) groups is 1. The average molecular weight is 295 g/mol. The van der Waals surface area contributed by atoms with E-state index in [0.717, 1.165) is 6.54 Å². The van der Waals surface area contributed by atoms with Gasteiger partial charge in [0.2, 0.25) is 0 Å². The SMILES string of the molecule is CCNC(C)c1ccc(SCC(C)(C)C(=O)OC)cc1. The smallest absolute Gasteiger partial charge is 0.312 e. The number of thioether (sulfide) groups is 1. The predicted octanol–water partition coefficient (Wildman–Crippen LogP) is 3.65. The lowest BCUT2D eigenvalue weighted by atomic mass is 9.97. The molecule has 3 nitrogen and oxygen atoms in total. The molecule has 1 aromatic carbocycles. The molecule has 0 aliphatic heterocycles. The van der Waals surface area contributed by atoms with Gasteiger partial charge in [-0.25, -0.2) is 0 Å². The van der Waals surface area contributed by atoms with Crippen LogP contribution in [0.2, 0.25) is 0 Å². The maximum Gasteiger partial charge on any atom is 0.312 e. The van der Waals surface area contributed by atoms with E-state index in [1.807, 2.05) is 13.8 Å². The zero-order valence-electron chi connectivity index (χ0n) is 13.0. The fourth-order valence-electron chi connectivity index (χ4n) is 1.88. The van der Waals surface area contributed by atoms with Crippen molar-refractivity contribution in [1.82, 2.24) is 5.32 Å². The second-order valence-electron chi connectivity index (χ2n) is 5.51. The normalized spacial score (nSPS) is 13.1. The lowest BCUT2D eigenvalue weighted by Gasteiger charge is -2.20. The van der Waals surface area contributed by atoms with Gasteiger partial charge in [0.15, 0.2) is 0 Å². The molecule has 1 unspecified atom stereocenters. The molecule has 0 radical (unpaired) electrons. The summed E-state index contributed by atoms with van der Waals surface area (Å²) in [5.74, 6) is 0.546. The Labute approximate surface area is 126 Å². The summed E-state index contributed by atoms with van der Waals surface area (Å²) in [7, 11) is 1.44. The van der Waals surface area contributed by atoms with Gasteiger partial charge in [-0.2, -0.15) is 0 Å². The molecule has 4 heteroatoms. The minimum Gasteiger partial charge on any atom is -0.469 e. The van der Waals surface area contributed by atoms with Gasteiger partial charge < -0.3 is 10.1 Å². The number of carbonyl (C=O) groups excluding carboxylic acids is 1. The molecule has 1 N–H and O–H groups in total. The second-order valence-corrected chi connectivity index (χ2v) is 6.56. The molecule has 0 amide bonds. The first-order valence-corrected chi connectivity index (χ1v) is 7.94. The Morgan fingerprint density at radius 3 is 2.45 bits per heavy atom. The average Bonchev–Trinajstić information content (AvgIpc) is 2.45. The van der Waals surface area contributed by atoms with E-state index < -0.39 is 5.41 Å². The highest BCUT2D eigenvalue weighted by atomic mass is 32.2. The maximum atomic E-state index is 11.6. The molecule has 0 saturated carbocycles. The largest absolute Gasteiger partial charge is 0.469 e. The molecular formula is C16H25NO2S. The molecule has 20 heavy (non-hydrogen) atoms. The third-order valence-corrected chi connectivity index (χ3v) is 4.70. The van der Waals surface area contributed by atoms with E-state index in [1.54, 1.807) is 11.8 Å². The first-order valence-electron chi connectivity index (χ1n) is 6.95. The van der Waals surface area contributed by atoms with Crippen molar-refractivity contribution in [3.63, 3.8) is 0 Å². The number of hydrogen-bond donors (Lipinski definition) is 1. The highest BCUT2D eigenvalue weighted by molar-refractivity contribution is 7.99. The van der Waals surface area contributed by atoms with Gasteiger partial charge in [-0.15, -0.1) is 11.8 Å². The van der Waals surface area contributed by atoms with Crippen LogP contribution in [0, 0.1) is 5.41 Å². The zero-order valence-corrected chi connectivity index (χ0v) is 13.8. The Kier molecular flexibility index (Phi) is 6.56. The minimum absolute atomic E-state index is 0.164. The van der Waals surface area contributed by atoms with Gasteiger partial charge in [-0.3, -0.25) is 4.79 Å². The van der Waals surface area contributed by atoms with Gasteiger partial charge in [0.1, 0.15) is 0 Å². The highest BCUT2D eigenvalue weighted by Crippen LogP contribution is 2.29. The molecule has 0 aliphatic carbocycles. The quantitative estimate of drug-likeness (QED) is 0.615. The van der Waals surface area contributed by atoms with Crippen molar-refractivity contribution in [2.75, 3.05) is 19.4 Å². The first kappa shape index (κ1) is 17.1. The van der Waals surface area contributed by atoms with Crippen LogP contribution < -0.4 is 5.32 Å². The van der Waals surface area contributed by atoms with Crippen LogP contribution in [-0.4, -0.2) is 25.4 Å². The summed E-state index contributed by atoms with van der Waals surface area (Å²) in [5.41, 5.74) is 0.818. The van der Waals surface area contributed by atoms with Gasteiger partial charge in [-0.05, 0) is 45.0 Å². The summed E-state index contributed by atoms with van der Waals surface area (Å²) in [4.78, 5) is 12.8. The molecule has 0 saturated heterocycles. The number of esters is 1. The summed E-state index contributed by atoms with van der Waals surface area (Å²) < 4.78 is 4.82. The molecule has 0 aromatic heterocycles. The van der Waals surface area contributed by atoms with Crippen molar-refractivity contribution in [3.8, 4) is 0 Å². The number of methoxy groups -OCH3 is 1. The first-order chi connectivity index (χ1) is 9.40. The topological polar surface area (TPSA) is 38.3 Å². The highest BCUT2D eigenvalue weighted by Gasteiger charge is 2.28. The fourth-order valence-corrected chi connectivity index (χ4v) is 2.85. The third kappa shape index (κ3) is 4.84. The lowest BCUT2D eigenvalue weighted by molar-refractivity contribution is -0.149. The monoisotopic (exact) mass is 295 g/mol.